The Bertz CT molecular complexity index is 1440. The first-order chi connectivity index (χ1) is 17.1. The molecule has 0 saturated carbocycles. The molecule has 6 rings (SSSR count). The summed E-state index contributed by atoms with van der Waals surface area (Å²) in [5.74, 6) is -0.440. The summed E-state index contributed by atoms with van der Waals surface area (Å²) < 4.78 is 50.5. The van der Waals surface area contributed by atoms with Crippen LogP contribution < -0.4 is 14.0 Å². The first kappa shape index (κ1) is 24.3. The van der Waals surface area contributed by atoms with Crippen molar-refractivity contribution < 1.29 is 27.1 Å². The number of sulfone groups is 1. The lowest BCUT2D eigenvalue weighted by Crippen LogP contribution is -2.57. The molecule has 2 aromatic carbocycles. The van der Waals surface area contributed by atoms with Crippen LogP contribution in [0.3, 0.4) is 0 Å². The lowest BCUT2D eigenvalue weighted by Gasteiger charge is -2.50. The van der Waals surface area contributed by atoms with Gasteiger partial charge < -0.3 is 14.3 Å². The van der Waals surface area contributed by atoms with Crippen molar-refractivity contribution in [1.82, 2.24) is 14.5 Å². The molecule has 1 spiro atoms. The molecule has 1 aromatic heterocycles. The third kappa shape index (κ3) is 4.14. The Hall–Kier alpha value is -3.37. The second-order valence-electron chi connectivity index (χ2n) is 9.46. The van der Waals surface area contributed by atoms with E-state index in [1.807, 2.05) is 0 Å². The molecule has 0 N–H and O–H groups in total. The van der Waals surface area contributed by atoms with Crippen molar-refractivity contribution >= 4 is 27.5 Å². The number of benzene rings is 2. The zero-order valence-corrected chi connectivity index (χ0v) is 21.1. The van der Waals surface area contributed by atoms with Gasteiger partial charge in [-0.1, -0.05) is 0 Å². The van der Waals surface area contributed by atoms with Crippen molar-refractivity contribution in [2.45, 2.75) is 44.1 Å². The fourth-order valence-corrected chi connectivity index (χ4v) is 5.83. The van der Waals surface area contributed by atoms with Crippen LogP contribution in [-0.4, -0.2) is 50.1 Å². The first-order valence-electron chi connectivity index (χ1n) is 11.7. The minimum absolute atomic E-state index is 0.0527. The highest BCUT2D eigenvalue weighted by Crippen LogP contribution is 2.54. The Kier molecular flexibility index (Phi) is 6.04. The topological polar surface area (TPSA) is 95.4 Å². The van der Waals surface area contributed by atoms with Crippen LogP contribution in [-0.2, 0) is 21.1 Å². The number of carbonyl (C=O) groups is 1. The van der Waals surface area contributed by atoms with Crippen molar-refractivity contribution in [3.63, 3.8) is 0 Å². The fraction of sp³-hybridized carbons (Fsp3) is 0.346. The molecule has 2 bridgehead atoms. The van der Waals surface area contributed by atoms with Crippen molar-refractivity contribution in [2.75, 3.05) is 19.3 Å². The van der Waals surface area contributed by atoms with Crippen LogP contribution in [0.5, 0.6) is 17.5 Å². The van der Waals surface area contributed by atoms with Gasteiger partial charge >= 0.3 is 0 Å². The van der Waals surface area contributed by atoms with Crippen LogP contribution in [0.1, 0.15) is 29.5 Å². The van der Waals surface area contributed by atoms with E-state index in [0.717, 1.165) is 54.6 Å². The minimum Gasteiger partial charge on any atom is -0.474 e. The summed E-state index contributed by atoms with van der Waals surface area (Å²) in [5, 5.41) is 0. The number of hydrogen-bond donors (Lipinski definition) is 0. The Morgan fingerprint density at radius 2 is 1.75 bits per heavy atom. The largest absolute Gasteiger partial charge is 0.474 e. The predicted octanol–water partition coefficient (Wildman–Crippen LogP) is 4.36. The summed E-state index contributed by atoms with van der Waals surface area (Å²) in [6.07, 6.45) is 5.29. The lowest BCUT2D eigenvalue weighted by molar-refractivity contribution is -0.107. The van der Waals surface area contributed by atoms with E-state index in [2.05, 4.69) is 29.0 Å². The van der Waals surface area contributed by atoms with Gasteiger partial charge in [0, 0.05) is 37.7 Å². The van der Waals surface area contributed by atoms with Gasteiger partial charge in [0.1, 0.15) is 30.1 Å². The third-order valence-corrected chi connectivity index (χ3v) is 8.14. The molecule has 3 aromatic rings. The maximum atomic E-state index is 14.5. The van der Waals surface area contributed by atoms with Gasteiger partial charge in [-0.25, -0.2) is 22.8 Å². The molecule has 188 valence electrons. The van der Waals surface area contributed by atoms with Crippen molar-refractivity contribution in [3.8, 4) is 17.5 Å². The van der Waals surface area contributed by atoms with E-state index < -0.39 is 15.7 Å². The van der Waals surface area contributed by atoms with E-state index in [1.165, 1.54) is 35.4 Å². The summed E-state index contributed by atoms with van der Waals surface area (Å²) >= 11 is 0. The number of nitrogens with zero attached hydrogens (tertiary/aromatic N) is 3. The van der Waals surface area contributed by atoms with Gasteiger partial charge in [0.15, 0.2) is 21.4 Å². The maximum Gasteiger partial charge on any atom is 0.229 e. The van der Waals surface area contributed by atoms with Crippen LogP contribution >= 0.6 is 0 Å². The predicted molar refractivity (Wildman–Crippen MR) is 132 cm³/mol. The zero-order valence-electron chi connectivity index (χ0n) is 20.3. The van der Waals surface area contributed by atoms with E-state index in [4.69, 9.17) is 9.47 Å². The van der Waals surface area contributed by atoms with E-state index in [9.17, 15) is 17.6 Å². The van der Waals surface area contributed by atoms with E-state index in [0.29, 0.717) is 17.9 Å². The van der Waals surface area contributed by atoms with Crippen molar-refractivity contribution in [1.29, 1.82) is 0 Å². The highest BCUT2D eigenvalue weighted by molar-refractivity contribution is 7.90. The van der Waals surface area contributed by atoms with Gasteiger partial charge in [0.05, 0.1) is 29.1 Å². The molecule has 0 amide bonds. The minimum atomic E-state index is -3.53. The highest BCUT2D eigenvalue weighted by atomic mass is 32.2. The molecule has 3 aliphatic rings. The molecule has 0 aliphatic carbocycles. The summed E-state index contributed by atoms with van der Waals surface area (Å²) in [5.41, 5.74) is 5.38. The molecule has 4 heterocycles. The van der Waals surface area contributed by atoms with Crippen molar-refractivity contribution in [3.05, 3.63) is 59.2 Å². The smallest absolute Gasteiger partial charge is 0.229 e. The molecule has 0 radical (unpaired) electrons. The van der Waals surface area contributed by atoms with Crippen LogP contribution in [0, 0.1) is 19.7 Å². The number of aldehydes is 1. The van der Waals surface area contributed by atoms with Crippen LogP contribution in [0.4, 0.5) is 15.8 Å². The zero-order chi connectivity index (χ0) is 25.7. The number of halogens is 1. The number of fused-ring (bicyclic) bond motifs is 2. The Balaban J connectivity index is 1.28. The standard InChI is InChI=1S/C26H27FN3O5S/c1-16-12-22-20(8-11-31)23(13-16)30(22)9-6-18(7-10-30)34-25-17(2)26(29-15-28-25)35-24-5-4-19(14-21(24)27)36(3,32)33/h4-5,11-15,18H,6-10H2,1-3H3/q+1. The molecule has 0 unspecified atom stereocenters. The van der Waals surface area contributed by atoms with E-state index in [1.54, 1.807) is 6.92 Å². The van der Waals surface area contributed by atoms with Gasteiger partial charge in [-0.15, -0.1) is 0 Å². The third-order valence-electron chi connectivity index (χ3n) is 7.03. The Morgan fingerprint density at radius 1 is 1.08 bits per heavy atom. The Labute approximate surface area is 209 Å². The normalized spacial score (nSPS) is 16.4. The van der Waals surface area contributed by atoms with Gasteiger partial charge in [0.25, 0.3) is 0 Å². The van der Waals surface area contributed by atoms with E-state index in [-0.39, 0.29) is 22.6 Å². The second kappa shape index (κ2) is 8.94. The molecular weight excluding hydrogens is 485 g/mol. The molecule has 8 nitrogen and oxygen atoms in total. The van der Waals surface area contributed by atoms with Crippen LogP contribution in [0.25, 0.3) is 0 Å². The van der Waals surface area contributed by atoms with E-state index >= 15 is 0 Å². The molecule has 0 atom stereocenters. The average Bonchev–Trinajstić information content (AvgIpc) is 2.84. The van der Waals surface area contributed by atoms with Crippen molar-refractivity contribution in [2.24, 2.45) is 0 Å². The number of aryl methyl sites for hydroxylation is 1. The Morgan fingerprint density at radius 3 is 2.36 bits per heavy atom. The highest BCUT2D eigenvalue weighted by Gasteiger charge is 2.50. The molecule has 1 saturated heterocycles. The molecule has 1 fully saturated rings. The second-order valence-corrected chi connectivity index (χ2v) is 11.5. The average molecular weight is 513 g/mol. The first-order valence-corrected chi connectivity index (χ1v) is 13.6. The number of piperidine rings is 1. The number of ether oxygens (including phenoxy) is 2. The number of hydrogen-bond acceptors (Lipinski definition) is 7. The summed E-state index contributed by atoms with van der Waals surface area (Å²) in [6, 6.07) is 7.85. The monoisotopic (exact) mass is 512 g/mol. The molecule has 10 heteroatoms. The summed E-state index contributed by atoms with van der Waals surface area (Å²) in [6.45, 7) is 5.57. The maximum absolute atomic E-state index is 14.5. The van der Waals surface area contributed by atoms with Crippen LogP contribution in [0.2, 0.25) is 0 Å². The summed E-state index contributed by atoms with van der Waals surface area (Å²) in [7, 11) is -3.53. The molecular formula is C26H27FN3O5S+. The number of quaternary nitrogens is 1. The van der Waals surface area contributed by atoms with Gasteiger partial charge in [0.2, 0.25) is 11.8 Å². The number of rotatable bonds is 7. The van der Waals surface area contributed by atoms with Gasteiger partial charge in [-0.05, 0) is 37.6 Å². The van der Waals surface area contributed by atoms with Crippen LogP contribution in [0.15, 0.2) is 41.6 Å². The fourth-order valence-electron chi connectivity index (χ4n) is 5.19. The molecule has 3 aliphatic heterocycles. The van der Waals surface area contributed by atoms with Gasteiger partial charge in [-0.3, -0.25) is 4.48 Å². The number of carbonyl (C=O) groups excluding carboxylic acids is 1. The summed E-state index contributed by atoms with van der Waals surface area (Å²) in [4.78, 5) is 19.4. The lowest BCUT2D eigenvalue weighted by atomic mass is 9.87. The number of aromatic nitrogens is 2. The molecule has 36 heavy (non-hydrogen) atoms. The van der Waals surface area contributed by atoms with Gasteiger partial charge in [-0.2, -0.15) is 0 Å². The SMILES string of the molecule is Cc1cc2c(CC=O)c(c1)[N+]21CCC(Oc2ncnc(Oc3ccc(S(C)(=O)=O)cc3F)c2C)CC1. The quantitative estimate of drug-likeness (QED) is 0.343.